The third kappa shape index (κ3) is 5.54. The highest BCUT2D eigenvalue weighted by molar-refractivity contribution is 9.10. The Labute approximate surface area is 133 Å². The Balaban J connectivity index is 1.66. The van der Waals surface area contributed by atoms with Crippen LogP contribution in [0.15, 0.2) is 47.2 Å². The first-order valence-electron chi connectivity index (χ1n) is 6.82. The zero-order valence-electron chi connectivity index (χ0n) is 11.6. The molecule has 1 aromatic heterocycles. The Morgan fingerprint density at radius 3 is 2.90 bits per heavy atom. The van der Waals surface area contributed by atoms with Gasteiger partial charge in [0.2, 0.25) is 0 Å². The molecule has 0 radical (unpaired) electrons. The first kappa shape index (κ1) is 15.5. The molecule has 0 amide bonds. The maximum absolute atomic E-state index is 8.92. The van der Waals surface area contributed by atoms with Crippen LogP contribution < -0.4 is 10.6 Å². The Kier molecular flexibility index (Phi) is 6.20. The minimum Gasteiger partial charge on any atom is -0.385 e. The highest BCUT2D eigenvalue weighted by Crippen LogP contribution is 2.19. The van der Waals surface area contributed by atoms with Gasteiger partial charge in [0, 0.05) is 35.6 Å². The van der Waals surface area contributed by atoms with Crippen molar-refractivity contribution in [3.8, 4) is 6.07 Å². The maximum atomic E-state index is 8.92. The van der Waals surface area contributed by atoms with Crippen LogP contribution in [0.1, 0.15) is 17.5 Å². The Morgan fingerprint density at radius 2 is 2.14 bits per heavy atom. The fourth-order valence-corrected chi connectivity index (χ4v) is 2.43. The third-order valence-corrected chi connectivity index (χ3v) is 3.40. The smallest absolute Gasteiger partial charge is 0.0992 e. The van der Waals surface area contributed by atoms with Crippen LogP contribution >= 0.6 is 15.9 Å². The Morgan fingerprint density at radius 1 is 1.24 bits per heavy atom. The van der Waals surface area contributed by atoms with Crippen molar-refractivity contribution in [2.45, 2.75) is 13.0 Å². The summed E-state index contributed by atoms with van der Waals surface area (Å²) in [6, 6.07) is 11.8. The molecule has 5 heteroatoms. The lowest BCUT2D eigenvalue weighted by molar-refractivity contribution is 0.662. The maximum Gasteiger partial charge on any atom is 0.0992 e. The summed E-state index contributed by atoms with van der Waals surface area (Å²) in [6.45, 7) is 2.63. The van der Waals surface area contributed by atoms with Gasteiger partial charge < -0.3 is 10.6 Å². The summed E-state index contributed by atoms with van der Waals surface area (Å²) in [5.74, 6) is 0. The van der Waals surface area contributed by atoms with Gasteiger partial charge >= 0.3 is 0 Å². The Hall–Kier alpha value is -1.90. The first-order chi connectivity index (χ1) is 10.3. The molecule has 0 aliphatic rings. The minimum atomic E-state index is 0.654. The number of hydrogen-bond acceptors (Lipinski definition) is 4. The first-order valence-corrected chi connectivity index (χ1v) is 7.61. The fraction of sp³-hybridized carbons (Fsp3) is 0.250. The molecule has 0 bridgehead atoms. The molecule has 0 aliphatic carbocycles. The second-order valence-corrected chi connectivity index (χ2v) is 5.57. The number of pyridine rings is 1. The predicted molar refractivity (Wildman–Crippen MR) is 87.9 cm³/mol. The molecule has 2 aromatic rings. The summed E-state index contributed by atoms with van der Waals surface area (Å²) in [7, 11) is 0. The topological polar surface area (TPSA) is 60.7 Å². The standard InChI is InChI=1S/C16H17BrN4/c17-15-7-14(10-18)8-16(9-15)21-6-2-5-20-12-13-3-1-4-19-11-13/h1,3-4,7-9,11,20-21H,2,5-6,12H2. The monoisotopic (exact) mass is 344 g/mol. The molecule has 4 nitrogen and oxygen atoms in total. The van der Waals surface area contributed by atoms with Crippen LogP contribution in [0.2, 0.25) is 0 Å². The number of hydrogen-bond donors (Lipinski definition) is 2. The zero-order valence-corrected chi connectivity index (χ0v) is 13.2. The van der Waals surface area contributed by atoms with E-state index in [-0.39, 0.29) is 0 Å². The van der Waals surface area contributed by atoms with E-state index in [9.17, 15) is 0 Å². The van der Waals surface area contributed by atoms with Gasteiger partial charge in [-0.15, -0.1) is 0 Å². The fourth-order valence-electron chi connectivity index (χ4n) is 1.94. The largest absolute Gasteiger partial charge is 0.385 e. The van der Waals surface area contributed by atoms with Gasteiger partial charge in [-0.1, -0.05) is 22.0 Å². The van der Waals surface area contributed by atoms with Gasteiger partial charge in [-0.05, 0) is 42.8 Å². The molecule has 0 atom stereocenters. The number of nitrogens with one attached hydrogen (secondary N) is 2. The van der Waals surface area contributed by atoms with E-state index in [1.807, 2.05) is 24.4 Å². The number of halogens is 1. The molecular weight excluding hydrogens is 328 g/mol. The quantitative estimate of drug-likeness (QED) is 0.756. The summed E-state index contributed by atoms with van der Waals surface area (Å²) in [5, 5.41) is 15.6. The number of nitriles is 1. The lowest BCUT2D eigenvalue weighted by atomic mass is 10.2. The summed E-state index contributed by atoms with van der Waals surface area (Å²) < 4.78 is 0.916. The van der Waals surface area contributed by atoms with E-state index in [4.69, 9.17) is 5.26 Å². The highest BCUT2D eigenvalue weighted by atomic mass is 79.9. The molecular formula is C16H17BrN4. The van der Waals surface area contributed by atoms with Crippen LogP contribution in [0.5, 0.6) is 0 Å². The molecule has 108 valence electrons. The zero-order chi connectivity index (χ0) is 14.9. The van der Waals surface area contributed by atoms with Crippen molar-refractivity contribution >= 4 is 21.6 Å². The minimum absolute atomic E-state index is 0.654. The van der Waals surface area contributed by atoms with Gasteiger partial charge in [0.05, 0.1) is 11.6 Å². The lowest BCUT2D eigenvalue weighted by Crippen LogP contribution is -2.17. The van der Waals surface area contributed by atoms with Gasteiger partial charge in [-0.2, -0.15) is 5.26 Å². The molecule has 2 N–H and O–H groups in total. The number of aromatic nitrogens is 1. The number of rotatable bonds is 7. The average Bonchev–Trinajstić information content (AvgIpc) is 2.51. The van der Waals surface area contributed by atoms with Gasteiger partial charge in [-0.25, -0.2) is 0 Å². The molecule has 0 unspecified atom stereocenters. The van der Waals surface area contributed by atoms with Crippen LogP contribution in [-0.4, -0.2) is 18.1 Å². The third-order valence-electron chi connectivity index (χ3n) is 2.94. The molecule has 0 saturated heterocycles. The van der Waals surface area contributed by atoms with E-state index >= 15 is 0 Å². The van der Waals surface area contributed by atoms with Gasteiger partial charge in [0.25, 0.3) is 0 Å². The van der Waals surface area contributed by atoms with Gasteiger partial charge in [-0.3, -0.25) is 4.98 Å². The molecule has 0 fully saturated rings. The average molecular weight is 345 g/mol. The van der Waals surface area contributed by atoms with Crippen LogP contribution in [-0.2, 0) is 6.54 Å². The summed E-state index contributed by atoms with van der Waals surface area (Å²) in [5.41, 5.74) is 2.81. The van der Waals surface area contributed by atoms with Crippen LogP contribution in [0.25, 0.3) is 0 Å². The predicted octanol–water partition coefficient (Wildman–Crippen LogP) is 3.31. The van der Waals surface area contributed by atoms with Gasteiger partial charge in [0.1, 0.15) is 0 Å². The second-order valence-electron chi connectivity index (χ2n) is 4.66. The van der Waals surface area contributed by atoms with E-state index < -0.39 is 0 Å². The Bertz CT molecular complexity index is 607. The highest BCUT2D eigenvalue weighted by Gasteiger charge is 1.98. The molecule has 1 heterocycles. The van der Waals surface area contributed by atoms with E-state index in [2.05, 4.69) is 43.7 Å². The van der Waals surface area contributed by atoms with Crippen LogP contribution in [0.4, 0.5) is 5.69 Å². The van der Waals surface area contributed by atoms with Crippen LogP contribution in [0, 0.1) is 11.3 Å². The van der Waals surface area contributed by atoms with Crippen molar-refractivity contribution in [2.24, 2.45) is 0 Å². The molecule has 1 aromatic carbocycles. The summed E-state index contributed by atoms with van der Waals surface area (Å²) >= 11 is 3.40. The SMILES string of the molecule is N#Cc1cc(Br)cc(NCCCNCc2cccnc2)c1. The second kappa shape index (κ2) is 8.40. The van der Waals surface area contributed by atoms with E-state index in [0.717, 1.165) is 36.2 Å². The molecule has 0 spiro atoms. The molecule has 2 rings (SSSR count). The molecule has 0 saturated carbocycles. The number of benzene rings is 1. The number of nitrogens with zero attached hydrogens (tertiary/aromatic N) is 2. The van der Waals surface area contributed by atoms with E-state index in [1.165, 1.54) is 5.56 Å². The molecule has 0 aliphatic heterocycles. The normalized spacial score (nSPS) is 10.1. The van der Waals surface area contributed by atoms with Gasteiger partial charge in [0.15, 0.2) is 0 Å². The van der Waals surface area contributed by atoms with E-state index in [1.54, 1.807) is 12.3 Å². The van der Waals surface area contributed by atoms with E-state index in [0.29, 0.717) is 5.56 Å². The van der Waals surface area contributed by atoms with Crippen molar-refractivity contribution < 1.29 is 0 Å². The van der Waals surface area contributed by atoms with Crippen molar-refractivity contribution in [3.63, 3.8) is 0 Å². The number of anilines is 1. The lowest BCUT2D eigenvalue weighted by Gasteiger charge is -2.08. The summed E-state index contributed by atoms with van der Waals surface area (Å²) in [4.78, 5) is 4.08. The van der Waals surface area contributed by atoms with Crippen LogP contribution in [0.3, 0.4) is 0 Å². The van der Waals surface area contributed by atoms with Crippen molar-refractivity contribution in [1.29, 1.82) is 5.26 Å². The van der Waals surface area contributed by atoms with Crippen molar-refractivity contribution in [1.82, 2.24) is 10.3 Å². The van der Waals surface area contributed by atoms with Crippen molar-refractivity contribution in [2.75, 3.05) is 18.4 Å². The van der Waals surface area contributed by atoms with Crippen molar-refractivity contribution in [3.05, 3.63) is 58.3 Å². The summed E-state index contributed by atoms with van der Waals surface area (Å²) in [6.07, 6.45) is 4.66. The molecule has 21 heavy (non-hydrogen) atoms.